The fourth-order valence-corrected chi connectivity index (χ4v) is 0.658. The quantitative estimate of drug-likeness (QED) is 0.309. The Morgan fingerprint density at radius 2 is 1.38 bits per heavy atom. The zero-order chi connectivity index (χ0) is 11.3. The van der Waals surface area contributed by atoms with Crippen molar-refractivity contribution in [2.45, 2.75) is 26.9 Å². The van der Waals surface area contributed by atoms with Crippen LogP contribution in [0.1, 0.15) is 20.8 Å². The van der Waals surface area contributed by atoms with Crippen LogP contribution >= 0.6 is 0 Å². The van der Waals surface area contributed by atoms with Crippen LogP contribution in [0.15, 0.2) is 0 Å². The molecular weight excluding hydrogens is 472 g/mol. The molecule has 0 rings (SSSR count). The van der Waals surface area contributed by atoms with E-state index in [1.807, 2.05) is 0 Å². The van der Waals surface area contributed by atoms with Crippen molar-refractivity contribution in [1.82, 2.24) is 0 Å². The monoisotopic (exact) mass is 484 g/mol. The Labute approximate surface area is 121 Å². The number of ether oxygens (including phenoxy) is 2. The van der Waals surface area contributed by atoms with Crippen LogP contribution in [-0.2, 0) is 70.8 Å². The first-order valence-corrected chi connectivity index (χ1v) is 3.74. The van der Waals surface area contributed by atoms with Crippen LogP contribution in [0, 0.1) is 0 Å². The van der Waals surface area contributed by atoms with E-state index < -0.39 is 29.8 Å². The second-order valence-corrected chi connectivity index (χ2v) is 2.51. The smallest absolute Gasteiger partial charge is 0.362 e. The summed E-state index contributed by atoms with van der Waals surface area (Å²) in [7, 11) is 0. The van der Waals surface area contributed by atoms with Gasteiger partial charge < -0.3 is 9.47 Å². The molecule has 0 fully saturated rings. The van der Waals surface area contributed by atoms with Crippen molar-refractivity contribution in [1.29, 1.82) is 0 Å². The van der Waals surface area contributed by atoms with E-state index in [1.165, 1.54) is 0 Å². The van der Waals surface area contributed by atoms with Crippen molar-refractivity contribution in [3.63, 3.8) is 0 Å². The Kier molecular flexibility index (Phi) is 12.9. The summed E-state index contributed by atoms with van der Waals surface area (Å²) in [6.45, 7) is 3.09. The van der Waals surface area contributed by atoms with E-state index in [9.17, 15) is 19.2 Å². The molecule has 8 heteroatoms. The van der Waals surface area contributed by atoms with Crippen LogP contribution < -0.4 is 0 Å². The molecule has 1 unspecified atom stereocenters. The van der Waals surface area contributed by atoms with Gasteiger partial charge in [-0.3, -0.25) is 14.4 Å². The molecule has 0 aromatic carbocycles. The second-order valence-electron chi connectivity index (χ2n) is 2.51. The molecule has 1 atom stereocenters. The van der Waals surface area contributed by atoms with Crippen LogP contribution in [0.3, 0.4) is 0 Å². The molecule has 0 aliphatic carbocycles. The largest absolute Gasteiger partial charge is 0.442 e. The van der Waals surface area contributed by atoms with Crippen LogP contribution in [0.2, 0.25) is 0 Å². The van der Waals surface area contributed by atoms with Crippen LogP contribution in [0.25, 0.3) is 0 Å². The van der Waals surface area contributed by atoms with Crippen molar-refractivity contribution < 1.29 is 70.8 Å². The van der Waals surface area contributed by atoms with Gasteiger partial charge in [-0.25, -0.2) is 4.79 Å². The number of Topliss-reactive ketones (excluding diaryl/α,β-unsaturated/α-hetero) is 1. The van der Waals surface area contributed by atoms with E-state index in [0.29, 0.717) is 0 Å². The van der Waals surface area contributed by atoms with E-state index in [1.54, 1.807) is 0 Å². The molecule has 0 amide bonds. The fraction of sp³-hybridized carbons (Fsp3) is 0.500. The van der Waals surface area contributed by atoms with E-state index in [0.717, 1.165) is 20.8 Å². The summed E-state index contributed by atoms with van der Waals surface area (Å²) in [6, 6.07) is 0. The zero-order valence-corrected chi connectivity index (χ0v) is 13.8. The SMILES string of the molecule is CC(=O)OC(=O)C(OC(C)=O)C(C)=O.[Mo].[W]. The minimum absolute atomic E-state index is 0. The van der Waals surface area contributed by atoms with Crippen molar-refractivity contribution in [2.24, 2.45) is 0 Å². The molecule has 16 heavy (non-hydrogen) atoms. The molecule has 0 spiro atoms. The summed E-state index contributed by atoms with van der Waals surface area (Å²) in [4.78, 5) is 42.7. The van der Waals surface area contributed by atoms with Gasteiger partial charge in [0, 0.05) is 56.0 Å². The third-order valence-corrected chi connectivity index (χ3v) is 1.11. The number of hydrogen-bond donors (Lipinski definition) is 0. The topological polar surface area (TPSA) is 86.7 Å². The molecule has 6 nitrogen and oxygen atoms in total. The predicted octanol–water partition coefficient (Wildman–Crippen LogP) is -0.408. The first kappa shape index (κ1) is 21.0. The molecule has 0 aromatic rings. The number of ketones is 1. The zero-order valence-electron chi connectivity index (χ0n) is 8.84. The number of rotatable bonds is 3. The molecule has 0 heterocycles. The van der Waals surface area contributed by atoms with Crippen molar-refractivity contribution in [3.05, 3.63) is 0 Å². The van der Waals surface area contributed by atoms with Gasteiger partial charge in [0.2, 0.25) is 0 Å². The maximum atomic E-state index is 11.0. The molecule has 0 N–H and O–H groups in total. The molecule has 0 aliphatic rings. The third kappa shape index (κ3) is 8.92. The van der Waals surface area contributed by atoms with Crippen LogP contribution in [-0.4, -0.2) is 29.8 Å². The average molecular weight is 482 g/mol. The molecule has 0 saturated heterocycles. The van der Waals surface area contributed by atoms with E-state index in [4.69, 9.17) is 0 Å². The minimum Gasteiger partial charge on any atom is -0.442 e. The van der Waals surface area contributed by atoms with Gasteiger partial charge >= 0.3 is 17.9 Å². The number of carbonyl (C=O) groups is 4. The van der Waals surface area contributed by atoms with Crippen molar-refractivity contribution in [2.75, 3.05) is 0 Å². The maximum Gasteiger partial charge on any atom is 0.362 e. The van der Waals surface area contributed by atoms with Gasteiger partial charge in [0.25, 0.3) is 6.10 Å². The Hall–Kier alpha value is -0.343. The Morgan fingerprint density at radius 1 is 0.938 bits per heavy atom. The van der Waals surface area contributed by atoms with Crippen molar-refractivity contribution >= 4 is 23.7 Å². The van der Waals surface area contributed by atoms with Crippen LogP contribution in [0.5, 0.6) is 0 Å². The second kappa shape index (κ2) is 9.85. The maximum absolute atomic E-state index is 11.0. The van der Waals surface area contributed by atoms with E-state index >= 15 is 0 Å². The average Bonchev–Trinajstić information content (AvgIpc) is 1.97. The Bertz CT molecular complexity index is 290. The van der Waals surface area contributed by atoms with Crippen LogP contribution in [0.4, 0.5) is 0 Å². The van der Waals surface area contributed by atoms with Gasteiger partial charge in [0.1, 0.15) is 0 Å². The van der Waals surface area contributed by atoms with E-state index in [2.05, 4.69) is 9.47 Å². The molecule has 0 aliphatic heterocycles. The molecule has 0 bridgehead atoms. The summed E-state index contributed by atoms with van der Waals surface area (Å²) in [5.74, 6) is -3.55. The summed E-state index contributed by atoms with van der Waals surface area (Å²) >= 11 is 0. The molecule has 90 valence electrons. The molecule has 0 radical (unpaired) electrons. The third-order valence-electron chi connectivity index (χ3n) is 1.11. The summed E-state index contributed by atoms with van der Waals surface area (Å²) in [5.41, 5.74) is 0. The summed E-state index contributed by atoms with van der Waals surface area (Å²) in [6.07, 6.45) is -1.66. The van der Waals surface area contributed by atoms with Gasteiger partial charge in [-0.15, -0.1) is 0 Å². The van der Waals surface area contributed by atoms with Gasteiger partial charge in [0.05, 0.1) is 0 Å². The normalized spacial score (nSPS) is 9.94. The first-order valence-electron chi connectivity index (χ1n) is 3.74. The van der Waals surface area contributed by atoms with Crippen molar-refractivity contribution in [3.8, 4) is 0 Å². The van der Waals surface area contributed by atoms with Gasteiger partial charge in [0.15, 0.2) is 5.78 Å². The molecule has 0 saturated carbocycles. The molecular formula is C8H10MoO6W. The molecule has 0 aromatic heterocycles. The fourth-order valence-electron chi connectivity index (χ4n) is 0.658. The first-order chi connectivity index (χ1) is 6.34. The van der Waals surface area contributed by atoms with Gasteiger partial charge in [-0.05, 0) is 6.92 Å². The van der Waals surface area contributed by atoms with E-state index in [-0.39, 0.29) is 42.1 Å². The Balaban J connectivity index is -0.000000845. The summed E-state index contributed by atoms with van der Waals surface area (Å²) in [5, 5.41) is 0. The minimum atomic E-state index is -1.66. The van der Waals surface area contributed by atoms with Gasteiger partial charge in [-0.1, -0.05) is 0 Å². The number of carbonyl (C=O) groups excluding carboxylic acids is 4. The predicted molar refractivity (Wildman–Crippen MR) is 43.0 cm³/mol. The standard InChI is InChI=1S/C8H10O6.Mo.W/c1-4(9)7(13-5(2)10)8(12)14-6(3)11;;/h7H,1-3H3;;. The number of hydrogen-bond acceptors (Lipinski definition) is 6. The summed E-state index contributed by atoms with van der Waals surface area (Å²) < 4.78 is 8.46. The Morgan fingerprint density at radius 3 is 1.62 bits per heavy atom. The van der Waals surface area contributed by atoms with Gasteiger partial charge in [-0.2, -0.15) is 0 Å². The number of esters is 3.